The minimum absolute atomic E-state index is 0.102. The number of benzene rings is 1. The number of hydrogen-bond acceptors (Lipinski definition) is 3. The second-order valence-electron chi connectivity index (χ2n) is 3.99. The molecular formula is C12H13F6NO2. The molecule has 0 heterocycles. The Morgan fingerprint density at radius 2 is 1.67 bits per heavy atom. The average Bonchev–Trinajstić information content (AvgIpc) is 2.32. The molecule has 0 aromatic heterocycles. The summed E-state index contributed by atoms with van der Waals surface area (Å²) in [4.78, 5) is 0. The third-order valence-electron chi connectivity index (χ3n) is 2.16. The number of para-hydroxylation sites is 2. The molecule has 1 aromatic rings. The smallest absolute Gasteiger partial charge is 0.404 e. The Morgan fingerprint density at radius 3 is 2.29 bits per heavy atom. The Kier molecular flexibility index (Phi) is 6.13. The maximum Gasteiger partial charge on any atom is 0.573 e. The molecule has 1 aromatic carbocycles. The van der Waals surface area contributed by atoms with Crippen LogP contribution in [0.1, 0.15) is 6.42 Å². The average molecular weight is 317 g/mol. The van der Waals surface area contributed by atoms with E-state index in [4.69, 9.17) is 0 Å². The summed E-state index contributed by atoms with van der Waals surface area (Å²) in [6.07, 6.45) is -9.00. The van der Waals surface area contributed by atoms with E-state index in [0.29, 0.717) is 0 Å². The van der Waals surface area contributed by atoms with E-state index in [2.05, 4.69) is 14.8 Å². The van der Waals surface area contributed by atoms with Gasteiger partial charge in [-0.1, -0.05) is 12.1 Å². The van der Waals surface area contributed by atoms with Crippen molar-refractivity contribution in [2.45, 2.75) is 19.0 Å². The highest BCUT2D eigenvalue weighted by molar-refractivity contribution is 5.56. The fourth-order valence-electron chi connectivity index (χ4n) is 1.41. The molecule has 0 saturated heterocycles. The highest BCUT2D eigenvalue weighted by Gasteiger charge is 2.32. The third-order valence-corrected chi connectivity index (χ3v) is 2.16. The molecule has 0 amide bonds. The lowest BCUT2D eigenvalue weighted by molar-refractivity contribution is -0.274. The monoisotopic (exact) mass is 317 g/mol. The molecule has 0 aliphatic carbocycles. The van der Waals surface area contributed by atoms with Crippen LogP contribution in [-0.2, 0) is 4.74 Å². The van der Waals surface area contributed by atoms with Crippen LogP contribution in [0.4, 0.5) is 32.0 Å². The first kappa shape index (κ1) is 17.4. The SMILES string of the molecule is FC(F)(F)COCCCNc1ccccc1OC(F)(F)F. The van der Waals surface area contributed by atoms with Crippen LogP contribution in [0.5, 0.6) is 5.75 Å². The summed E-state index contributed by atoms with van der Waals surface area (Å²) in [5.74, 6) is -0.402. The van der Waals surface area contributed by atoms with Crippen molar-refractivity contribution < 1.29 is 35.8 Å². The first-order valence-corrected chi connectivity index (χ1v) is 5.90. The van der Waals surface area contributed by atoms with Gasteiger partial charge in [-0.2, -0.15) is 13.2 Å². The van der Waals surface area contributed by atoms with Gasteiger partial charge in [0.2, 0.25) is 0 Å². The van der Waals surface area contributed by atoms with E-state index in [1.807, 2.05) is 0 Å². The van der Waals surface area contributed by atoms with Crippen LogP contribution in [-0.4, -0.2) is 32.3 Å². The molecule has 0 atom stereocenters. The molecule has 3 nitrogen and oxygen atoms in total. The predicted octanol–water partition coefficient (Wildman–Crippen LogP) is 3.97. The van der Waals surface area contributed by atoms with Gasteiger partial charge in [0.25, 0.3) is 0 Å². The number of halogens is 6. The Labute approximate surface area is 116 Å². The Morgan fingerprint density at radius 1 is 1.00 bits per heavy atom. The van der Waals surface area contributed by atoms with Crippen molar-refractivity contribution in [2.24, 2.45) is 0 Å². The molecule has 1 N–H and O–H groups in total. The van der Waals surface area contributed by atoms with Crippen molar-refractivity contribution in [3.63, 3.8) is 0 Å². The van der Waals surface area contributed by atoms with Crippen molar-refractivity contribution in [1.29, 1.82) is 0 Å². The zero-order valence-electron chi connectivity index (χ0n) is 10.7. The van der Waals surface area contributed by atoms with Crippen LogP contribution in [0.25, 0.3) is 0 Å². The number of anilines is 1. The van der Waals surface area contributed by atoms with Crippen molar-refractivity contribution in [3.05, 3.63) is 24.3 Å². The Bertz CT molecular complexity index is 432. The summed E-state index contributed by atoms with van der Waals surface area (Å²) < 4.78 is 79.9. The lowest BCUT2D eigenvalue weighted by Gasteiger charge is -2.14. The fourth-order valence-corrected chi connectivity index (χ4v) is 1.41. The summed E-state index contributed by atoms with van der Waals surface area (Å²) in [5.41, 5.74) is 0.102. The van der Waals surface area contributed by atoms with Crippen molar-refractivity contribution in [1.82, 2.24) is 0 Å². The van der Waals surface area contributed by atoms with Gasteiger partial charge in [0.05, 0.1) is 5.69 Å². The third kappa shape index (κ3) is 8.28. The molecule has 1 rings (SSSR count). The second-order valence-corrected chi connectivity index (χ2v) is 3.99. The normalized spacial score (nSPS) is 12.3. The summed E-state index contributed by atoms with van der Waals surface area (Å²) >= 11 is 0. The zero-order valence-corrected chi connectivity index (χ0v) is 10.7. The topological polar surface area (TPSA) is 30.5 Å². The fraction of sp³-hybridized carbons (Fsp3) is 0.500. The molecule has 0 saturated carbocycles. The van der Waals surface area contributed by atoms with E-state index in [1.165, 1.54) is 18.2 Å². The van der Waals surface area contributed by atoms with E-state index < -0.39 is 24.9 Å². The second kappa shape index (κ2) is 7.39. The van der Waals surface area contributed by atoms with Crippen LogP contribution < -0.4 is 10.1 Å². The first-order valence-electron chi connectivity index (χ1n) is 5.90. The van der Waals surface area contributed by atoms with Gasteiger partial charge in [0.1, 0.15) is 6.61 Å². The molecule has 21 heavy (non-hydrogen) atoms. The quantitative estimate of drug-likeness (QED) is 0.610. The summed E-state index contributed by atoms with van der Waals surface area (Å²) in [6.45, 7) is -1.36. The number of alkyl halides is 6. The highest BCUT2D eigenvalue weighted by atomic mass is 19.4. The number of ether oxygens (including phenoxy) is 2. The van der Waals surface area contributed by atoms with Gasteiger partial charge < -0.3 is 14.8 Å². The number of nitrogens with one attached hydrogen (secondary N) is 1. The van der Waals surface area contributed by atoms with Crippen LogP contribution in [0.2, 0.25) is 0 Å². The van der Waals surface area contributed by atoms with Crippen LogP contribution >= 0.6 is 0 Å². The molecule has 120 valence electrons. The maximum atomic E-state index is 12.1. The molecular weight excluding hydrogens is 304 g/mol. The van der Waals surface area contributed by atoms with Gasteiger partial charge in [-0.3, -0.25) is 0 Å². The van der Waals surface area contributed by atoms with Gasteiger partial charge in [-0.25, -0.2) is 0 Å². The van der Waals surface area contributed by atoms with Gasteiger partial charge in [0.15, 0.2) is 5.75 Å². The van der Waals surface area contributed by atoms with Crippen LogP contribution in [0.15, 0.2) is 24.3 Å². The number of hydrogen-bond donors (Lipinski definition) is 1. The van der Waals surface area contributed by atoms with Crippen LogP contribution in [0.3, 0.4) is 0 Å². The van der Waals surface area contributed by atoms with Crippen molar-refractivity contribution in [3.8, 4) is 5.75 Å². The standard InChI is InChI=1S/C12H13F6NO2/c13-11(14,15)8-20-7-3-6-19-9-4-1-2-5-10(9)21-12(16,17)18/h1-2,4-5,19H,3,6-8H2. The van der Waals surface area contributed by atoms with Gasteiger partial charge in [-0.15, -0.1) is 13.2 Å². The van der Waals surface area contributed by atoms with Crippen molar-refractivity contribution >= 4 is 5.69 Å². The lowest BCUT2D eigenvalue weighted by Crippen LogP contribution is -2.19. The number of rotatable bonds is 7. The van der Waals surface area contributed by atoms with Crippen molar-refractivity contribution in [2.75, 3.05) is 25.1 Å². The van der Waals surface area contributed by atoms with Gasteiger partial charge in [-0.05, 0) is 18.6 Å². The minimum Gasteiger partial charge on any atom is -0.404 e. The summed E-state index contributed by atoms with van der Waals surface area (Å²) in [5, 5.41) is 2.65. The lowest BCUT2D eigenvalue weighted by atomic mass is 10.3. The van der Waals surface area contributed by atoms with Crippen LogP contribution in [0, 0.1) is 0 Å². The molecule has 0 bridgehead atoms. The Hall–Kier alpha value is -1.64. The van der Waals surface area contributed by atoms with Gasteiger partial charge >= 0.3 is 12.5 Å². The molecule has 9 heteroatoms. The molecule has 0 spiro atoms. The maximum absolute atomic E-state index is 12.1. The molecule has 0 aliphatic rings. The summed E-state index contributed by atoms with van der Waals surface area (Å²) in [7, 11) is 0. The van der Waals surface area contributed by atoms with E-state index in [9.17, 15) is 26.3 Å². The molecule has 0 radical (unpaired) electrons. The zero-order chi connectivity index (χ0) is 15.9. The largest absolute Gasteiger partial charge is 0.573 e. The van der Waals surface area contributed by atoms with E-state index in [-0.39, 0.29) is 25.3 Å². The molecule has 0 fully saturated rings. The summed E-state index contributed by atoms with van der Waals surface area (Å²) in [6, 6.07) is 5.39. The predicted molar refractivity (Wildman–Crippen MR) is 63.1 cm³/mol. The Balaban J connectivity index is 2.35. The van der Waals surface area contributed by atoms with E-state index in [1.54, 1.807) is 0 Å². The molecule has 0 aliphatic heterocycles. The highest BCUT2D eigenvalue weighted by Crippen LogP contribution is 2.29. The first-order chi connectivity index (χ1) is 9.67. The minimum atomic E-state index is -4.81. The van der Waals surface area contributed by atoms with E-state index in [0.717, 1.165) is 6.07 Å². The van der Waals surface area contributed by atoms with Gasteiger partial charge in [0, 0.05) is 13.2 Å². The van der Waals surface area contributed by atoms with E-state index >= 15 is 0 Å². The molecule has 0 unspecified atom stereocenters.